The highest BCUT2D eigenvalue weighted by Gasteiger charge is 2.43. The molecule has 0 radical (unpaired) electrons. The normalized spacial score (nSPS) is 16.4. The number of rotatable bonds is 5. The Balaban J connectivity index is 1.96. The van der Waals surface area contributed by atoms with Crippen LogP contribution in [-0.4, -0.2) is 21.7 Å². The molecule has 0 amide bonds. The van der Waals surface area contributed by atoms with Gasteiger partial charge in [-0.1, -0.05) is 60.7 Å². The van der Waals surface area contributed by atoms with Gasteiger partial charge in [0.1, 0.15) is 18.2 Å². The van der Waals surface area contributed by atoms with Crippen molar-refractivity contribution in [3.63, 3.8) is 0 Å². The SMILES string of the molecule is Cc1c(C)[n+](Cc2ccccc2)c(C(C2=C([O-])OC(C)(C)OC2=O)c2ccccc2)n1O. The minimum atomic E-state index is -1.36. The van der Waals surface area contributed by atoms with Gasteiger partial charge in [-0.3, -0.25) is 0 Å². The van der Waals surface area contributed by atoms with E-state index in [9.17, 15) is 15.1 Å². The lowest BCUT2D eigenvalue weighted by molar-refractivity contribution is -0.702. The molecule has 7 nitrogen and oxygen atoms in total. The third kappa shape index (κ3) is 3.82. The molecule has 0 spiro atoms. The summed E-state index contributed by atoms with van der Waals surface area (Å²) in [6, 6.07) is 18.9. The van der Waals surface area contributed by atoms with E-state index in [0.29, 0.717) is 23.6 Å². The van der Waals surface area contributed by atoms with Crippen LogP contribution in [0.2, 0.25) is 0 Å². The molecule has 0 bridgehead atoms. The van der Waals surface area contributed by atoms with E-state index in [1.54, 1.807) is 6.92 Å². The van der Waals surface area contributed by atoms with Gasteiger partial charge < -0.3 is 19.8 Å². The van der Waals surface area contributed by atoms with Gasteiger partial charge in [0.05, 0.1) is 11.5 Å². The highest BCUT2D eigenvalue weighted by molar-refractivity contribution is 5.92. The Morgan fingerprint density at radius 1 is 1.03 bits per heavy atom. The number of esters is 1. The van der Waals surface area contributed by atoms with E-state index in [1.807, 2.05) is 72.2 Å². The molecule has 7 heteroatoms. The lowest BCUT2D eigenvalue weighted by Gasteiger charge is -2.40. The lowest BCUT2D eigenvalue weighted by atomic mass is 9.89. The van der Waals surface area contributed by atoms with Gasteiger partial charge in [0, 0.05) is 13.8 Å². The molecule has 0 saturated heterocycles. The molecule has 32 heavy (non-hydrogen) atoms. The van der Waals surface area contributed by atoms with Crippen molar-refractivity contribution in [1.29, 1.82) is 0 Å². The molecule has 0 saturated carbocycles. The zero-order valence-electron chi connectivity index (χ0n) is 18.5. The second-order valence-electron chi connectivity index (χ2n) is 8.35. The lowest BCUT2D eigenvalue weighted by Crippen LogP contribution is -2.46. The largest absolute Gasteiger partial charge is 0.575 e. The standard InChI is InChI=1S/C25H26N2O5/c1-16-17(2)27(30)22(26(16)15-18-11-7-5-8-12-18)20(19-13-9-6-10-14-19)21-23(28)31-25(3,4)32-24(21)29/h5-14,20H,15H2,1-4H3,(H-,28,29,30). The van der Waals surface area contributed by atoms with Crippen molar-refractivity contribution in [1.82, 2.24) is 4.73 Å². The van der Waals surface area contributed by atoms with Gasteiger partial charge in [-0.15, -0.1) is 0 Å². The maximum atomic E-state index is 13.0. The predicted molar refractivity (Wildman–Crippen MR) is 113 cm³/mol. The number of imidazole rings is 1. The Labute approximate surface area is 186 Å². The molecule has 3 aromatic rings. The molecular formula is C25H26N2O5. The first-order chi connectivity index (χ1) is 15.2. The first-order valence-electron chi connectivity index (χ1n) is 10.4. The Kier molecular flexibility index (Phi) is 5.42. The fraction of sp³-hybridized carbons (Fsp3) is 0.280. The summed E-state index contributed by atoms with van der Waals surface area (Å²) < 4.78 is 13.8. The van der Waals surface area contributed by atoms with E-state index in [0.717, 1.165) is 16.0 Å². The maximum absolute atomic E-state index is 13.0. The average Bonchev–Trinajstić information content (AvgIpc) is 2.95. The summed E-state index contributed by atoms with van der Waals surface area (Å²) >= 11 is 0. The molecule has 0 fully saturated rings. The van der Waals surface area contributed by atoms with Crippen LogP contribution in [0.4, 0.5) is 0 Å². The molecule has 166 valence electrons. The molecule has 2 heterocycles. The highest BCUT2D eigenvalue weighted by Crippen LogP contribution is 2.37. The van der Waals surface area contributed by atoms with Gasteiger partial charge in [0.25, 0.3) is 0 Å². The Morgan fingerprint density at radius 2 is 1.62 bits per heavy atom. The third-order valence-electron chi connectivity index (χ3n) is 5.72. The number of carbonyl (C=O) groups excluding carboxylic acids is 1. The Morgan fingerprint density at radius 3 is 2.22 bits per heavy atom. The van der Waals surface area contributed by atoms with Crippen LogP contribution in [0.15, 0.2) is 72.2 Å². The molecule has 1 aromatic heterocycles. The van der Waals surface area contributed by atoms with Gasteiger partial charge in [-0.25, -0.2) is 9.36 Å². The topological polar surface area (TPSA) is 87.6 Å². The van der Waals surface area contributed by atoms with E-state index in [-0.39, 0.29) is 5.57 Å². The van der Waals surface area contributed by atoms with Gasteiger partial charge in [0.15, 0.2) is 11.5 Å². The fourth-order valence-corrected chi connectivity index (χ4v) is 4.04. The summed E-state index contributed by atoms with van der Waals surface area (Å²) in [6.07, 6.45) is 0. The van der Waals surface area contributed by atoms with Crippen molar-refractivity contribution >= 4 is 5.97 Å². The van der Waals surface area contributed by atoms with Gasteiger partial charge >= 0.3 is 11.8 Å². The summed E-state index contributed by atoms with van der Waals surface area (Å²) in [5, 5.41) is 24.1. The van der Waals surface area contributed by atoms with E-state index in [4.69, 9.17) is 9.47 Å². The molecule has 4 rings (SSSR count). The van der Waals surface area contributed by atoms with Crippen molar-refractivity contribution in [2.24, 2.45) is 0 Å². The monoisotopic (exact) mass is 434 g/mol. The molecular weight excluding hydrogens is 408 g/mol. The number of nitrogens with zero attached hydrogens (tertiary/aromatic N) is 2. The summed E-state index contributed by atoms with van der Waals surface area (Å²) in [5.41, 5.74) is 2.91. The van der Waals surface area contributed by atoms with Crippen LogP contribution in [0.3, 0.4) is 0 Å². The molecule has 1 atom stereocenters. The minimum absolute atomic E-state index is 0.176. The number of benzene rings is 2. The van der Waals surface area contributed by atoms with Crippen molar-refractivity contribution in [2.75, 3.05) is 0 Å². The molecule has 0 aliphatic carbocycles. The maximum Gasteiger partial charge on any atom is 0.338 e. The Hall–Kier alpha value is -3.74. The zero-order chi connectivity index (χ0) is 23.0. The van der Waals surface area contributed by atoms with Crippen LogP contribution in [0.1, 0.15) is 48.1 Å². The van der Waals surface area contributed by atoms with E-state index < -0.39 is 23.6 Å². The van der Waals surface area contributed by atoms with E-state index in [2.05, 4.69) is 0 Å². The predicted octanol–water partition coefficient (Wildman–Crippen LogP) is 2.69. The van der Waals surface area contributed by atoms with Crippen molar-refractivity contribution in [3.8, 4) is 0 Å². The second kappa shape index (κ2) is 8.07. The summed E-state index contributed by atoms with van der Waals surface area (Å²) in [4.78, 5) is 13.0. The summed E-state index contributed by atoms with van der Waals surface area (Å²) in [7, 11) is 0. The summed E-state index contributed by atoms with van der Waals surface area (Å²) in [5.74, 6) is -3.40. The number of aromatic nitrogens is 2. The molecule has 1 aliphatic heterocycles. The average molecular weight is 434 g/mol. The molecule has 1 N–H and O–H groups in total. The van der Waals surface area contributed by atoms with Crippen LogP contribution in [0, 0.1) is 13.8 Å². The quantitative estimate of drug-likeness (QED) is 0.379. The van der Waals surface area contributed by atoms with E-state index in [1.165, 1.54) is 13.8 Å². The minimum Gasteiger partial charge on any atom is -0.575 e. The van der Waals surface area contributed by atoms with Gasteiger partial charge in [-0.05, 0) is 29.7 Å². The van der Waals surface area contributed by atoms with Gasteiger partial charge in [0.2, 0.25) is 0 Å². The molecule has 2 aromatic carbocycles. The van der Waals surface area contributed by atoms with Crippen LogP contribution in [0.5, 0.6) is 0 Å². The molecule has 1 unspecified atom stereocenters. The molecule has 1 aliphatic rings. The Bertz CT molecular complexity index is 1180. The number of hydrogen-bond acceptors (Lipinski definition) is 5. The first kappa shape index (κ1) is 21.5. The van der Waals surface area contributed by atoms with Crippen LogP contribution >= 0.6 is 0 Å². The number of ether oxygens (including phenoxy) is 2. The number of hydrogen-bond donors (Lipinski definition) is 1. The number of cyclic esters (lactones) is 1. The van der Waals surface area contributed by atoms with Gasteiger partial charge in [-0.2, -0.15) is 0 Å². The van der Waals surface area contributed by atoms with Crippen LogP contribution in [-0.2, 0) is 20.8 Å². The first-order valence-corrected chi connectivity index (χ1v) is 10.4. The van der Waals surface area contributed by atoms with Crippen molar-refractivity contribution in [3.05, 3.63) is 101 Å². The van der Waals surface area contributed by atoms with Crippen LogP contribution in [0.25, 0.3) is 0 Å². The third-order valence-corrected chi connectivity index (χ3v) is 5.72. The van der Waals surface area contributed by atoms with Crippen LogP contribution < -0.4 is 9.67 Å². The fourth-order valence-electron chi connectivity index (χ4n) is 4.04. The van der Waals surface area contributed by atoms with E-state index >= 15 is 0 Å². The second-order valence-corrected chi connectivity index (χ2v) is 8.35. The van der Waals surface area contributed by atoms with Crippen molar-refractivity contribution < 1.29 is 29.1 Å². The number of carbonyl (C=O) groups is 1. The highest BCUT2D eigenvalue weighted by atomic mass is 16.8. The smallest absolute Gasteiger partial charge is 0.338 e. The summed E-state index contributed by atoms with van der Waals surface area (Å²) in [6.45, 7) is 7.14. The van der Waals surface area contributed by atoms with Crippen molar-refractivity contribution in [2.45, 2.75) is 45.9 Å². The zero-order valence-corrected chi connectivity index (χ0v) is 18.5.